The molecular weight excluding hydrogens is 112 g/mol. The van der Waals surface area contributed by atoms with Gasteiger partial charge in [0, 0.05) is 11.9 Å². The van der Waals surface area contributed by atoms with Crippen LogP contribution in [0, 0.1) is 0 Å². The zero-order valence-corrected chi connectivity index (χ0v) is 5.89. The first kappa shape index (κ1) is 6.33. The number of hydrogen-bond acceptors (Lipinski definition) is 1. The van der Waals surface area contributed by atoms with Crippen molar-refractivity contribution in [2.24, 2.45) is 0 Å². The quantitative estimate of drug-likeness (QED) is 0.641. The fraction of sp³-hybridized carbons (Fsp3) is 0.571. The zero-order valence-electron chi connectivity index (χ0n) is 5.89. The highest BCUT2D eigenvalue weighted by Gasteiger charge is 2.01. The highest BCUT2D eigenvalue weighted by Crippen LogP contribution is 2.13. The topological polar surface area (TPSA) is 28.7 Å². The number of nitrogens with zero attached hydrogens (tertiary/aromatic N) is 1. The van der Waals surface area contributed by atoms with Crippen LogP contribution < -0.4 is 0 Å². The van der Waals surface area contributed by atoms with Crippen molar-refractivity contribution in [2.45, 2.75) is 26.2 Å². The van der Waals surface area contributed by atoms with Gasteiger partial charge in [0.2, 0.25) is 0 Å². The van der Waals surface area contributed by atoms with Crippen molar-refractivity contribution in [1.29, 1.82) is 0 Å². The van der Waals surface area contributed by atoms with Gasteiger partial charge in [-0.2, -0.15) is 5.10 Å². The van der Waals surface area contributed by atoms with Crippen LogP contribution in [-0.2, 0) is 0 Å². The summed E-state index contributed by atoms with van der Waals surface area (Å²) in [5.41, 5.74) is 1.23. The lowest BCUT2D eigenvalue weighted by Gasteiger charge is -2.02. The molecule has 2 nitrogen and oxygen atoms in total. The minimum Gasteiger partial charge on any atom is -0.282 e. The minimum atomic E-state index is 0.618. The summed E-state index contributed by atoms with van der Waals surface area (Å²) in [5, 5.41) is 6.80. The van der Waals surface area contributed by atoms with Crippen LogP contribution in [0.5, 0.6) is 0 Å². The maximum absolute atomic E-state index is 3.87. The van der Waals surface area contributed by atoms with E-state index in [0.717, 1.165) is 0 Å². The molecule has 1 heterocycles. The molecule has 0 amide bonds. The summed E-state index contributed by atoms with van der Waals surface area (Å²) in [5.74, 6) is 0.618. The van der Waals surface area contributed by atoms with Crippen LogP contribution in [-0.4, -0.2) is 10.2 Å². The van der Waals surface area contributed by atoms with Crippen LogP contribution in [0.1, 0.15) is 31.9 Å². The van der Waals surface area contributed by atoms with E-state index < -0.39 is 0 Å². The van der Waals surface area contributed by atoms with Gasteiger partial charge in [-0.05, 0) is 18.4 Å². The third-order valence-corrected chi connectivity index (χ3v) is 1.67. The van der Waals surface area contributed by atoms with Crippen molar-refractivity contribution in [3.8, 4) is 0 Å². The van der Waals surface area contributed by atoms with Gasteiger partial charge in [-0.3, -0.25) is 5.10 Å². The van der Waals surface area contributed by atoms with E-state index >= 15 is 0 Å². The molecule has 0 bridgehead atoms. The van der Waals surface area contributed by atoms with Crippen molar-refractivity contribution in [3.63, 3.8) is 0 Å². The predicted octanol–water partition coefficient (Wildman–Crippen LogP) is 1.92. The number of H-pyrrole nitrogens is 1. The second-order valence-corrected chi connectivity index (χ2v) is 2.32. The van der Waals surface area contributed by atoms with Crippen molar-refractivity contribution in [3.05, 3.63) is 18.0 Å². The summed E-state index contributed by atoms with van der Waals surface area (Å²) in [7, 11) is 0. The lowest BCUT2D eigenvalue weighted by molar-refractivity contribution is 0.703. The summed E-state index contributed by atoms with van der Waals surface area (Å²) in [6.07, 6.45) is 2.96. The molecule has 1 N–H and O–H groups in total. The highest BCUT2D eigenvalue weighted by atomic mass is 15.1. The number of aromatic amines is 1. The van der Waals surface area contributed by atoms with E-state index in [0.29, 0.717) is 5.92 Å². The summed E-state index contributed by atoms with van der Waals surface area (Å²) in [6.45, 7) is 4.36. The van der Waals surface area contributed by atoms with Crippen LogP contribution in [0.4, 0.5) is 0 Å². The molecule has 1 unspecified atom stereocenters. The molecule has 9 heavy (non-hydrogen) atoms. The van der Waals surface area contributed by atoms with Crippen LogP contribution in [0.25, 0.3) is 0 Å². The molecule has 1 atom stereocenters. The van der Waals surface area contributed by atoms with Crippen molar-refractivity contribution in [1.82, 2.24) is 10.2 Å². The summed E-state index contributed by atoms with van der Waals surface area (Å²) in [4.78, 5) is 0. The van der Waals surface area contributed by atoms with Crippen molar-refractivity contribution in [2.75, 3.05) is 0 Å². The molecule has 0 aliphatic heterocycles. The van der Waals surface area contributed by atoms with Gasteiger partial charge in [0.05, 0.1) is 0 Å². The van der Waals surface area contributed by atoms with E-state index in [2.05, 4.69) is 24.0 Å². The Morgan fingerprint density at radius 2 is 2.56 bits per heavy atom. The first-order valence-electron chi connectivity index (χ1n) is 3.34. The van der Waals surface area contributed by atoms with Crippen LogP contribution >= 0.6 is 0 Å². The molecule has 0 spiro atoms. The largest absolute Gasteiger partial charge is 0.282 e. The Kier molecular flexibility index (Phi) is 1.88. The smallest absolute Gasteiger partial charge is 0.0490 e. The lowest BCUT2D eigenvalue weighted by atomic mass is 10.1. The maximum atomic E-state index is 3.87. The van der Waals surface area contributed by atoms with Crippen LogP contribution in [0.3, 0.4) is 0 Å². The second kappa shape index (κ2) is 2.67. The van der Waals surface area contributed by atoms with E-state index in [9.17, 15) is 0 Å². The molecule has 50 valence electrons. The third kappa shape index (κ3) is 1.31. The van der Waals surface area contributed by atoms with E-state index in [4.69, 9.17) is 0 Å². The average Bonchev–Trinajstić information content (AvgIpc) is 2.37. The van der Waals surface area contributed by atoms with Gasteiger partial charge in [0.15, 0.2) is 0 Å². The van der Waals surface area contributed by atoms with Gasteiger partial charge < -0.3 is 0 Å². The van der Waals surface area contributed by atoms with Crippen LogP contribution in [0.15, 0.2) is 12.3 Å². The molecule has 0 saturated heterocycles. The zero-order chi connectivity index (χ0) is 6.69. The predicted molar refractivity (Wildman–Crippen MR) is 37.3 cm³/mol. The standard InChI is InChI=1S/C7H12N2/c1-3-6(2)7-4-5-8-9-7/h4-6H,3H2,1-2H3,(H,8,9). The van der Waals surface area contributed by atoms with Crippen molar-refractivity contribution < 1.29 is 0 Å². The molecule has 0 fully saturated rings. The van der Waals surface area contributed by atoms with E-state index in [1.165, 1.54) is 12.1 Å². The molecule has 0 aliphatic rings. The Hall–Kier alpha value is -0.790. The Balaban J connectivity index is 2.65. The number of hydrogen-bond donors (Lipinski definition) is 1. The van der Waals surface area contributed by atoms with Gasteiger partial charge >= 0.3 is 0 Å². The fourth-order valence-electron chi connectivity index (χ4n) is 0.761. The van der Waals surface area contributed by atoms with Gasteiger partial charge in [-0.15, -0.1) is 0 Å². The number of nitrogens with one attached hydrogen (secondary N) is 1. The molecule has 1 rings (SSSR count). The highest BCUT2D eigenvalue weighted by molar-refractivity contribution is 5.03. The maximum Gasteiger partial charge on any atom is 0.0490 e. The normalized spacial score (nSPS) is 13.6. The van der Waals surface area contributed by atoms with E-state index in [-0.39, 0.29) is 0 Å². The molecule has 0 aliphatic carbocycles. The lowest BCUT2D eigenvalue weighted by Crippen LogP contribution is -1.90. The molecule has 0 aromatic carbocycles. The first-order chi connectivity index (χ1) is 4.34. The van der Waals surface area contributed by atoms with Gasteiger partial charge in [-0.25, -0.2) is 0 Å². The molecule has 1 aromatic rings. The van der Waals surface area contributed by atoms with Gasteiger partial charge in [0.25, 0.3) is 0 Å². The Bertz CT molecular complexity index is 155. The molecule has 0 saturated carbocycles. The average molecular weight is 124 g/mol. The monoisotopic (exact) mass is 124 g/mol. The van der Waals surface area contributed by atoms with E-state index in [1.54, 1.807) is 6.20 Å². The van der Waals surface area contributed by atoms with Gasteiger partial charge in [-0.1, -0.05) is 13.8 Å². The molecule has 1 aromatic heterocycles. The second-order valence-electron chi connectivity index (χ2n) is 2.32. The summed E-state index contributed by atoms with van der Waals surface area (Å²) < 4.78 is 0. The Morgan fingerprint density at radius 1 is 1.78 bits per heavy atom. The van der Waals surface area contributed by atoms with Crippen LogP contribution in [0.2, 0.25) is 0 Å². The van der Waals surface area contributed by atoms with Crippen molar-refractivity contribution >= 4 is 0 Å². The Morgan fingerprint density at radius 3 is 3.00 bits per heavy atom. The van der Waals surface area contributed by atoms with Gasteiger partial charge in [0.1, 0.15) is 0 Å². The SMILES string of the molecule is CCC(C)c1ccn[nH]1. The number of aromatic nitrogens is 2. The minimum absolute atomic E-state index is 0.618. The third-order valence-electron chi connectivity index (χ3n) is 1.67. The summed E-state index contributed by atoms with van der Waals surface area (Å²) in [6, 6.07) is 2.02. The first-order valence-corrected chi connectivity index (χ1v) is 3.34. The molecule has 2 heteroatoms. The van der Waals surface area contributed by atoms with E-state index in [1.807, 2.05) is 6.07 Å². The summed E-state index contributed by atoms with van der Waals surface area (Å²) >= 11 is 0. The number of rotatable bonds is 2. The fourth-order valence-corrected chi connectivity index (χ4v) is 0.761. The molecular formula is C7H12N2. The molecule has 0 radical (unpaired) electrons. The Labute approximate surface area is 55.3 Å².